The van der Waals surface area contributed by atoms with Crippen molar-refractivity contribution in [2.24, 2.45) is 5.41 Å². The Morgan fingerprint density at radius 3 is 2.62 bits per heavy atom. The summed E-state index contributed by atoms with van der Waals surface area (Å²) in [6, 6.07) is 12.0. The number of carbonyl (C=O) groups is 2. The van der Waals surface area contributed by atoms with Crippen LogP contribution in [0, 0.1) is 19.3 Å². The van der Waals surface area contributed by atoms with Gasteiger partial charge in [0, 0.05) is 17.8 Å². The van der Waals surface area contributed by atoms with E-state index >= 15 is 0 Å². The van der Waals surface area contributed by atoms with E-state index in [4.69, 9.17) is 4.74 Å². The molecule has 1 aromatic heterocycles. The minimum atomic E-state index is -0.662. The molecule has 6 nitrogen and oxygen atoms in total. The van der Waals surface area contributed by atoms with Gasteiger partial charge < -0.3 is 9.64 Å². The number of amides is 1. The molecule has 0 N–H and O–H groups in total. The van der Waals surface area contributed by atoms with Gasteiger partial charge in [-0.05, 0) is 58.1 Å². The van der Waals surface area contributed by atoms with Crippen LogP contribution in [0.4, 0.5) is 0 Å². The summed E-state index contributed by atoms with van der Waals surface area (Å²) in [4.78, 5) is 28.4. The number of rotatable bonds is 6. The van der Waals surface area contributed by atoms with Gasteiger partial charge in [0.2, 0.25) is 5.91 Å². The zero-order valence-electron chi connectivity index (χ0n) is 17.4. The minimum absolute atomic E-state index is 0.0444. The highest BCUT2D eigenvalue weighted by Gasteiger charge is 2.61. The van der Waals surface area contributed by atoms with Crippen molar-refractivity contribution in [1.29, 1.82) is 0 Å². The van der Waals surface area contributed by atoms with Gasteiger partial charge in [-0.2, -0.15) is 5.10 Å². The molecule has 0 spiro atoms. The number of fused-ring (bicyclic) bond motifs is 2. The third-order valence-electron chi connectivity index (χ3n) is 6.46. The van der Waals surface area contributed by atoms with E-state index in [0.29, 0.717) is 19.4 Å². The first kappa shape index (κ1) is 19.7. The van der Waals surface area contributed by atoms with Gasteiger partial charge in [0.1, 0.15) is 6.54 Å². The van der Waals surface area contributed by atoms with E-state index < -0.39 is 5.41 Å². The zero-order chi connectivity index (χ0) is 20.6. The molecule has 2 bridgehead atoms. The summed E-state index contributed by atoms with van der Waals surface area (Å²) in [5.74, 6) is -0.122. The highest BCUT2D eigenvalue weighted by molar-refractivity contribution is 5.84. The molecule has 1 amide bonds. The van der Waals surface area contributed by atoms with Gasteiger partial charge in [0.25, 0.3) is 0 Å². The van der Waals surface area contributed by atoms with Crippen molar-refractivity contribution in [2.45, 2.75) is 65.1 Å². The van der Waals surface area contributed by atoms with Gasteiger partial charge in [0.15, 0.2) is 0 Å². The number of ether oxygens (including phenoxy) is 1. The van der Waals surface area contributed by atoms with Crippen molar-refractivity contribution in [3.63, 3.8) is 0 Å². The summed E-state index contributed by atoms with van der Waals surface area (Å²) in [7, 11) is 0. The molecule has 3 atom stereocenters. The largest absolute Gasteiger partial charge is 0.465 e. The number of nitrogens with zero attached hydrogens (tertiary/aromatic N) is 3. The number of hydrogen-bond acceptors (Lipinski definition) is 4. The van der Waals surface area contributed by atoms with Gasteiger partial charge >= 0.3 is 5.97 Å². The van der Waals surface area contributed by atoms with Gasteiger partial charge in [-0.1, -0.05) is 30.3 Å². The van der Waals surface area contributed by atoms with Crippen LogP contribution in [-0.4, -0.2) is 45.2 Å². The van der Waals surface area contributed by atoms with Gasteiger partial charge in [0.05, 0.1) is 17.7 Å². The number of aryl methyl sites for hydroxylation is 2. The highest BCUT2D eigenvalue weighted by atomic mass is 16.5. The summed E-state index contributed by atoms with van der Waals surface area (Å²) >= 11 is 0. The number of aromatic nitrogens is 2. The van der Waals surface area contributed by atoms with E-state index in [1.165, 1.54) is 0 Å². The fourth-order valence-electron chi connectivity index (χ4n) is 5.32. The van der Waals surface area contributed by atoms with E-state index in [-0.39, 0.29) is 30.5 Å². The standard InChI is InChI=1S/C23H29N3O3/c1-4-29-22(28)23(13-18-8-6-5-7-9-18)14-19-10-11-20(23)26(19)21(27)15-25-17(3)12-16(2)24-25/h5-9,12,19-20H,4,10-11,13-15H2,1-3H3/t19-,20+,23+/m1/s1. The van der Waals surface area contributed by atoms with Crippen molar-refractivity contribution in [3.05, 3.63) is 53.3 Å². The summed E-state index contributed by atoms with van der Waals surface area (Å²) in [6.07, 6.45) is 3.08. The lowest BCUT2D eigenvalue weighted by Gasteiger charge is -2.35. The molecule has 154 valence electrons. The van der Waals surface area contributed by atoms with Crippen LogP contribution >= 0.6 is 0 Å². The monoisotopic (exact) mass is 395 g/mol. The molecule has 2 aromatic rings. The number of esters is 1. The lowest BCUT2D eigenvalue weighted by Crippen LogP contribution is -2.48. The van der Waals surface area contributed by atoms with Crippen LogP contribution < -0.4 is 0 Å². The number of hydrogen-bond donors (Lipinski definition) is 0. The third kappa shape index (κ3) is 3.45. The van der Waals surface area contributed by atoms with Crippen molar-refractivity contribution in [2.75, 3.05) is 6.61 Å². The maximum absolute atomic E-state index is 13.3. The lowest BCUT2D eigenvalue weighted by atomic mass is 9.70. The zero-order valence-corrected chi connectivity index (χ0v) is 17.4. The van der Waals surface area contributed by atoms with Crippen LogP contribution in [-0.2, 0) is 27.3 Å². The first-order valence-electron chi connectivity index (χ1n) is 10.5. The molecule has 3 heterocycles. The van der Waals surface area contributed by atoms with Crippen LogP contribution in [0.25, 0.3) is 0 Å². The SMILES string of the molecule is CCOC(=O)[C@@]1(Cc2ccccc2)C[C@H]2CC[C@@H]1N2C(=O)Cn1nc(C)cc1C. The molecule has 2 saturated heterocycles. The maximum Gasteiger partial charge on any atom is 0.314 e. The van der Waals surface area contributed by atoms with Crippen LogP contribution in [0.3, 0.4) is 0 Å². The second kappa shape index (κ2) is 7.65. The van der Waals surface area contributed by atoms with Gasteiger partial charge in [-0.3, -0.25) is 14.3 Å². The fraction of sp³-hybridized carbons (Fsp3) is 0.522. The summed E-state index contributed by atoms with van der Waals surface area (Å²) in [6.45, 7) is 6.31. The molecule has 0 radical (unpaired) electrons. The molecule has 0 unspecified atom stereocenters. The van der Waals surface area contributed by atoms with Crippen LogP contribution in [0.2, 0.25) is 0 Å². The molecule has 1 aromatic carbocycles. The normalized spacial score (nSPS) is 25.4. The highest BCUT2D eigenvalue weighted by Crippen LogP contribution is 2.52. The van der Waals surface area contributed by atoms with Crippen molar-refractivity contribution in [1.82, 2.24) is 14.7 Å². The Morgan fingerprint density at radius 1 is 1.21 bits per heavy atom. The first-order valence-corrected chi connectivity index (χ1v) is 10.5. The molecule has 0 saturated carbocycles. The smallest absolute Gasteiger partial charge is 0.314 e. The lowest BCUT2D eigenvalue weighted by molar-refractivity contribution is -0.158. The quantitative estimate of drug-likeness (QED) is 0.705. The Balaban J connectivity index is 1.62. The predicted octanol–water partition coefficient (Wildman–Crippen LogP) is 3.06. The molecule has 29 heavy (non-hydrogen) atoms. The molecule has 6 heteroatoms. The number of benzene rings is 1. The van der Waals surface area contributed by atoms with E-state index in [9.17, 15) is 9.59 Å². The summed E-state index contributed by atoms with van der Waals surface area (Å²) in [5.41, 5.74) is 2.33. The Labute approximate surface area is 171 Å². The molecular weight excluding hydrogens is 366 g/mol. The van der Waals surface area contributed by atoms with Gasteiger partial charge in [-0.25, -0.2) is 0 Å². The Bertz CT molecular complexity index is 907. The van der Waals surface area contributed by atoms with Crippen LogP contribution in [0.1, 0.15) is 43.1 Å². The molecular formula is C23H29N3O3. The van der Waals surface area contributed by atoms with E-state index in [0.717, 1.165) is 29.8 Å². The second-order valence-electron chi connectivity index (χ2n) is 8.38. The van der Waals surface area contributed by atoms with Crippen molar-refractivity contribution in [3.8, 4) is 0 Å². The maximum atomic E-state index is 13.3. The predicted molar refractivity (Wildman–Crippen MR) is 109 cm³/mol. The molecule has 4 rings (SSSR count). The second-order valence-corrected chi connectivity index (χ2v) is 8.38. The Morgan fingerprint density at radius 2 is 1.97 bits per heavy atom. The minimum Gasteiger partial charge on any atom is -0.465 e. The molecule has 2 aliphatic rings. The molecule has 0 aliphatic carbocycles. The Hall–Kier alpha value is -2.63. The molecule has 2 fully saturated rings. The van der Waals surface area contributed by atoms with Gasteiger partial charge in [-0.15, -0.1) is 0 Å². The summed E-state index contributed by atoms with van der Waals surface area (Å²) < 4.78 is 7.29. The fourth-order valence-corrected chi connectivity index (χ4v) is 5.32. The third-order valence-corrected chi connectivity index (χ3v) is 6.46. The van der Waals surface area contributed by atoms with Crippen LogP contribution in [0.5, 0.6) is 0 Å². The summed E-state index contributed by atoms with van der Waals surface area (Å²) in [5, 5.41) is 4.44. The molecule has 2 aliphatic heterocycles. The van der Waals surface area contributed by atoms with E-state index in [2.05, 4.69) is 17.2 Å². The Kier molecular flexibility index (Phi) is 5.19. The van der Waals surface area contributed by atoms with Crippen molar-refractivity contribution < 1.29 is 14.3 Å². The average molecular weight is 396 g/mol. The van der Waals surface area contributed by atoms with Crippen LogP contribution in [0.15, 0.2) is 36.4 Å². The topological polar surface area (TPSA) is 64.4 Å². The van der Waals surface area contributed by atoms with Crippen molar-refractivity contribution >= 4 is 11.9 Å². The van der Waals surface area contributed by atoms with E-state index in [1.54, 1.807) is 4.68 Å². The first-order chi connectivity index (χ1) is 13.9. The number of carbonyl (C=O) groups excluding carboxylic acids is 2. The average Bonchev–Trinajstić information content (AvgIpc) is 3.34. The van der Waals surface area contributed by atoms with E-state index in [1.807, 2.05) is 49.9 Å².